The molecule has 0 heterocycles. The summed E-state index contributed by atoms with van der Waals surface area (Å²) in [6, 6.07) is 0.418. The van der Waals surface area contributed by atoms with Crippen LogP contribution in [0.2, 0.25) is 0 Å². The topological polar surface area (TPSA) is 12.4 Å². The molecule has 0 bridgehead atoms. The van der Waals surface area contributed by atoms with E-state index in [1.54, 1.807) is 0 Å². The summed E-state index contributed by atoms with van der Waals surface area (Å²) in [5.41, 5.74) is 1.48. The predicted octanol–water partition coefficient (Wildman–Crippen LogP) is 3.23. The quantitative estimate of drug-likeness (QED) is 0.453. The van der Waals surface area contributed by atoms with Crippen molar-refractivity contribution in [2.75, 3.05) is 0 Å². The highest BCUT2D eigenvalue weighted by atomic mass is 14.8. The first-order chi connectivity index (χ1) is 6.20. The molecule has 1 aliphatic carbocycles. The van der Waals surface area contributed by atoms with Crippen LogP contribution in [0.1, 0.15) is 27.2 Å². The van der Waals surface area contributed by atoms with Crippen LogP contribution in [0.4, 0.5) is 0 Å². The molecule has 0 fully saturated rings. The maximum atomic E-state index is 4.48. The Labute approximate surface area is 81.3 Å². The minimum absolute atomic E-state index is 0.418. The highest BCUT2D eigenvalue weighted by Gasteiger charge is 2.27. The third-order valence-corrected chi connectivity index (χ3v) is 3.03. The summed E-state index contributed by atoms with van der Waals surface area (Å²) in [4.78, 5) is 4.48. The van der Waals surface area contributed by atoms with E-state index in [1.807, 2.05) is 13.1 Å². The van der Waals surface area contributed by atoms with Gasteiger partial charge in [0.1, 0.15) is 0 Å². The maximum absolute atomic E-state index is 4.48. The molecule has 13 heavy (non-hydrogen) atoms. The highest BCUT2D eigenvalue weighted by molar-refractivity contribution is 5.53. The summed E-state index contributed by atoms with van der Waals surface area (Å²) < 4.78 is 0. The SMILES string of the molecule is C=CC1C(/N=C\C)CC=C(C)C1C. The zero-order valence-electron chi connectivity index (χ0n) is 8.83. The minimum atomic E-state index is 0.418. The molecule has 0 aliphatic heterocycles. The van der Waals surface area contributed by atoms with E-state index in [9.17, 15) is 0 Å². The molecule has 1 nitrogen and oxygen atoms in total. The van der Waals surface area contributed by atoms with Crippen molar-refractivity contribution in [1.82, 2.24) is 0 Å². The molecular weight excluding hydrogens is 158 g/mol. The fraction of sp³-hybridized carbons (Fsp3) is 0.583. The molecule has 0 aromatic carbocycles. The van der Waals surface area contributed by atoms with E-state index in [0.717, 1.165) is 6.42 Å². The third-order valence-electron chi connectivity index (χ3n) is 3.03. The third kappa shape index (κ3) is 2.09. The Morgan fingerprint density at radius 2 is 2.31 bits per heavy atom. The smallest absolute Gasteiger partial charge is 0.0598 e. The van der Waals surface area contributed by atoms with Crippen LogP contribution in [0.3, 0.4) is 0 Å². The summed E-state index contributed by atoms with van der Waals surface area (Å²) in [6.45, 7) is 10.3. The van der Waals surface area contributed by atoms with E-state index in [1.165, 1.54) is 5.57 Å². The highest BCUT2D eigenvalue weighted by Crippen LogP contribution is 2.32. The van der Waals surface area contributed by atoms with Gasteiger partial charge in [-0.3, -0.25) is 4.99 Å². The molecule has 3 unspecified atom stereocenters. The summed E-state index contributed by atoms with van der Waals surface area (Å²) in [5.74, 6) is 1.11. The molecule has 0 aromatic heterocycles. The second kappa shape index (κ2) is 4.40. The first-order valence-electron chi connectivity index (χ1n) is 4.97. The number of hydrogen-bond acceptors (Lipinski definition) is 1. The second-order valence-corrected chi connectivity index (χ2v) is 3.76. The van der Waals surface area contributed by atoms with Gasteiger partial charge in [-0.1, -0.05) is 24.6 Å². The van der Waals surface area contributed by atoms with Crippen LogP contribution in [-0.2, 0) is 0 Å². The fourth-order valence-corrected chi connectivity index (χ4v) is 2.00. The average molecular weight is 177 g/mol. The van der Waals surface area contributed by atoms with Crippen LogP contribution in [0, 0.1) is 11.8 Å². The van der Waals surface area contributed by atoms with Crippen LogP contribution >= 0.6 is 0 Å². The van der Waals surface area contributed by atoms with Crippen molar-refractivity contribution in [3.63, 3.8) is 0 Å². The predicted molar refractivity (Wildman–Crippen MR) is 59.2 cm³/mol. The Morgan fingerprint density at radius 3 is 2.85 bits per heavy atom. The van der Waals surface area contributed by atoms with Gasteiger partial charge in [-0.15, -0.1) is 6.58 Å². The maximum Gasteiger partial charge on any atom is 0.0598 e. The van der Waals surface area contributed by atoms with Gasteiger partial charge >= 0.3 is 0 Å². The van der Waals surface area contributed by atoms with E-state index in [0.29, 0.717) is 17.9 Å². The monoisotopic (exact) mass is 177 g/mol. The van der Waals surface area contributed by atoms with Crippen molar-refractivity contribution in [2.24, 2.45) is 16.8 Å². The lowest BCUT2D eigenvalue weighted by atomic mass is 9.77. The van der Waals surface area contributed by atoms with Crippen molar-refractivity contribution < 1.29 is 0 Å². The number of aliphatic imine (C=N–C) groups is 1. The van der Waals surface area contributed by atoms with Gasteiger partial charge in [0, 0.05) is 5.92 Å². The van der Waals surface area contributed by atoms with Gasteiger partial charge in [-0.2, -0.15) is 0 Å². The normalized spacial score (nSPS) is 34.7. The van der Waals surface area contributed by atoms with Crippen molar-refractivity contribution in [3.05, 3.63) is 24.3 Å². The lowest BCUT2D eigenvalue weighted by Gasteiger charge is -2.31. The zero-order chi connectivity index (χ0) is 9.84. The van der Waals surface area contributed by atoms with Crippen LogP contribution in [0.5, 0.6) is 0 Å². The number of nitrogens with zero attached hydrogens (tertiary/aromatic N) is 1. The van der Waals surface area contributed by atoms with Crippen molar-refractivity contribution >= 4 is 6.21 Å². The Morgan fingerprint density at radius 1 is 1.62 bits per heavy atom. The van der Waals surface area contributed by atoms with Gasteiger partial charge in [-0.25, -0.2) is 0 Å². The second-order valence-electron chi connectivity index (χ2n) is 3.76. The Hall–Kier alpha value is -0.850. The van der Waals surface area contributed by atoms with Gasteiger partial charge < -0.3 is 0 Å². The molecule has 0 radical (unpaired) electrons. The Kier molecular flexibility index (Phi) is 3.47. The lowest BCUT2D eigenvalue weighted by molar-refractivity contribution is 0.384. The Bertz CT molecular complexity index is 238. The molecule has 0 saturated heterocycles. The van der Waals surface area contributed by atoms with E-state index in [-0.39, 0.29) is 0 Å². The van der Waals surface area contributed by atoms with E-state index in [2.05, 4.69) is 37.6 Å². The van der Waals surface area contributed by atoms with Gasteiger partial charge in [0.15, 0.2) is 0 Å². The molecule has 1 aliphatic rings. The first kappa shape index (κ1) is 10.2. The summed E-state index contributed by atoms with van der Waals surface area (Å²) in [7, 11) is 0. The first-order valence-corrected chi connectivity index (χ1v) is 4.97. The van der Waals surface area contributed by atoms with Gasteiger partial charge in [-0.05, 0) is 32.4 Å². The number of allylic oxidation sites excluding steroid dienone is 1. The largest absolute Gasteiger partial charge is 0.294 e. The van der Waals surface area contributed by atoms with Crippen molar-refractivity contribution in [1.29, 1.82) is 0 Å². The molecule has 0 aromatic rings. The van der Waals surface area contributed by atoms with Crippen molar-refractivity contribution in [2.45, 2.75) is 33.2 Å². The molecule has 72 valence electrons. The van der Waals surface area contributed by atoms with E-state index in [4.69, 9.17) is 0 Å². The molecule has 0 saturated carbocycles. The summed E-state index contributed by atoms with van der Waals surface area (Å²) in [5, 5.41) is 0. The van der Waals surface area contributed by atoms with Gasteiger partial charge in [0.2, 0.25) is 0 Å². The van der Waals surface area contributed by atoms with Crippen LogP contribution in [0.15, 0.2) is 29.3 Å². The Balaban J connectivity index is 2.84. The fourth-order valence-electron chi connectivity index (χ4n) is 2.00. The van der Waals surface area contributed by atoms with E-state index >= 15 is 0 Å². The zero-order valence-corrected chi connectivity index (χ0v) is 8.83. The molecule has 0 spiro atoms. The van der Waals surface area contributed by atoms with Crippen LogP contribution < -0.4 is 0 Å². The lowest BCUT2D eigenvalue weighted by Crippen LogP contribution is -2.27. The number of hydrogen-bond donors (Lipinski definition) is 0. The van der Waals surface area contributed by atoms with Gasteiger partial charge in [0.25, 0.3) is 0 Å². The molecular formula is C12H19N. The van der Waals surface area contributed by atoms with E-state index < -0.39 is 0 Å². The molecule has 0 N–H and O–H groups in total. The average Bonchev–Trinajstić information content (AvgIpc) is 2.12. The van der Waals surface area contributed by atoms with Crippen LogP contribution in [0.25, 0.3) is 0 Å². The molecule has 0 amide bonds. The number of rotatable bonds is 2. The molecule has 3 atom stereocenters. The van der Waals surface area contributed by atoms with Gasteiger partial charge in [0.05, 0.1) is 6.04 Å². The van der Waals surface area contributed by atoms with Crippen molar-refractivity contribution in [3.8, 4) is 0 Å². The van der Waals surface area contributed by atoms with Crippen LogP contribution in [-0.4, -0.2) is 12.3 Å². The molecule has 1 rings (SSSR count). The minimum Gasteiger partial charge on any atom is -0.294 e. The molecule has 1 heteroatoms. The summed E-state index contributed by atoms with van der Waals surface area (Å²) in [6.07, 6.45) is 7.33. The standard InChI is InChI=1S/C12H19N/c1-5-11-10(4)9(3)7-8-12(11)13-6-2/h5-7,10-12H,1,8H2,2-4H3/b13-6-. The summed E-state index contributed by atoms with van der Waals surface area (Å²) >= 11 is 0.